The molecule has 7 N–H and O–H groups in total. The number of amides is 4. The van der Waals surface area contributed by atoms with E-state index in [4.69, 9.17) is 29.4 Å². The fourth-order valence-electron chi connectivity index (χ4n) is 4.36. The number of imide groups is 1. The Kier molecular flexibility index (Phi) is 13.7. The summed E-state index contributed by atoms with van der Waals surface area (Å²) in [4.78, 5) is 58.3. The average Bonchev–Trinajstić information content (AvgIpc) is 3.32. The molecular formula is C28H37N3O14. The summed E-state index contributed by atoms with van der Waals surface area (Å²) >= 11 is 0. The molecule has 2 unspecified atom stereocenters. The van der Waals surface area contributed by atoms with Crippen LogP contribution in [0.4, 0.5) is 4.79 Å². The van der Waals surface area contributed by atoms with Gasteiger partial charge in [0.25, 0.3) is 11.8 Å². The van der Waals surface area contributed by atoms with Crippen LogP contribution in [-0.2, 0) is 51.2 Å². The summed E-state index contributed by atoms with van der Waals surface area (Å²) in [6, 6.07) is 4.84. The molecule has 45 heavy (non-hydrogen) atoms. The number of rotatable bonds is 18. The standard InChI is InChI=1S/C28H37N3O14/c29-28(40)43-15-17-14-16(3-4-18(17)44-27-24(37)22(35)23(36)25(45-27)26(38)39)2-1-10-41-12-13-42-11-8-30-19(32)7-9-31-20(33)5-6-21(31)34/h3-6,14,22-25,27,35-37H,1-2,7-13,15H2,(H2,29,40)(H,30,32)(H,38,39)/t22?,23-,24-,25-,27?/m0/s1. The molecule has 17 nitrogen and oxygen atoms in total. The molecule has 0 aromatic heterocycles. The maximum Gasteiger partial charge on any atom is 0.404 e. The minimum absolute atomic E-state index is 0.00189. The van der Waals surface area contributed by atoms with Crippen LogP contribution in [0.2, 0.25) is 0 Å². The van der Waals surface area contributed by atoms with Gasteiger partial charge in [0.1, 0.15) is 30.7 Å². The highest BCUT2D eigenvalue weighted by Crippen LogP contribution is 2.28. The Morgan fingerprint density at radius 2 is 1.64 bits per heavy atom. The van der Waals surface area contributed by atoms with Gasteiger partial charge < -0.3 is 55.2 Å². The number of aryl methyl sites for hydroxylation is 1. The first-order valence-corrected chi connectivity index (χ1v) is 14.1. The van der Waals surface area contributed by atoms with Crippen LogP contribution in [0.25, 0.3) is 0 Å². The molecule has 3 rings (SSSR count). The van der Waals surface area contributed by atoms with Gasteiger partial charge in [0.15, 0.2) is 6.10 Å². The number of nitrogens with zero attached hydrogens (tertiary/aromatic N) is 1. The molecule has 1 aromatic carbocycles. The lowest BCUT2D eigenvalue weighted by molar-refractivity contribution is -0.271. The normalized spacial score (nSPS) is 22.8. The van der Waals surface area contributed by atoms with Gasteiger partial charge in [-0.05, 0) is 30.5 Å². The first-order valence-electron chi connectivity index (χ1n) is 14.1. The van der Waals surface area contributed by atoms with E-state index in [0.717, 1.165) is 22.6 Å². The van der Waals surface area contributed by atoms with E-state index in [1.165, 1.54) is 6.07 Å². The molecule has 0 aliphatic carbocycles. The summed E-state index contributed by atoms with van der Waals surface area (Å²) in [5.74, 6) is -2.68. The van der Waals surface area contributed by atoms with Gasteiger partial charge in [-0.2, -0.15) is 0 Å². The number of aliphatic hydroxyl groups excluding tert-OH is 3. The number of carbonyl (C=O) groups is 5. The molecule has 17 heteroatoms. The molecule has 1 saturated heterocycles. The van der Waals surface area contributed by atoms with Gasteiger partial charge in [0.05, 0.1) is 19.8 Å². The monoisotopic (exact) mass is 639 g/mol. The average molecular weight is 640 g/mol. The molecule has 2 aliphatic rings. The summed E-state index contributed by atoms with van der Waals surface area (Å²) in [6.07, 6.45) is -6.56. The van der Waals surface area contributed by atoms with Crippen molar-refractivity contribution in [1.82, 2.24) is 10.2 Å². The molecule has 4 amide bonds. The van der Waals surface area contributed by atoms with Crippen molar-refractivity contribution in [3.8, 4) is 5.75 Å². The number of carboxylic acid groups (broad SMARTS) is 1. The Labute approximate surface area is 257 Å². The van der Waals surface area contributed by atoms with Gasteiger partial charge in [-0.3, -0.25) is 19.3 Å². The van der Waals surface area contributed by atoms with E-state index in [2.05, 4.69) is 5.32 Å². The lowest BCUT2D eigenvalue weighted by Gasteiger charge is -2.38. The van der Waals surface area contributed by atoms with Crippen LogP contribution in [0.3, 0.4) is 0 Å². The molecular weight excluding hydrogens is 602 g/mol. The van der Waals surface area contributed by atoms with Crippen LogP contribution in [-0.4, -0.2) is 125 Å². The third-order valence-electron chi connectivity index (χ3n) is 6.71. The lowest BCUT2D eigenvalue weighted by Crippen LogP contribution is -2.61. The van der Waals surface area contributed by atoms with Gasteiger partial charge in [-0.25, -0.2) is 9.59 Å². The van der Waals surface area contributed by atoms with E-state index < -0.39 is 54.6 Å². The van der Waals surface area contributed by atoms with E-state index in [9.17, 15) is 44.4 Å². The van der Waals surface area contributed by atoms with Gasteiger partial charge in [-0.15, -0.1) is 0 Å². The lowest BCUT2D eigenvalue weighted by atomic mass is 9.99. The number of primary amides is 1. The number of hydrogen-bond acceptors (Lipinski definition) is 13. The largest absolute Gasteiger partial charge is 0.479 e. The molecule has 2 heterocycles. The SMILES string of the molecule is NC(=O)OCc1cc(CCCOCCOCCNC(=O)CCN2C(=O)C=CC2=O)ccc1OC1O[C@H](C(=O)O)[C@@H](O)C(O)[C@@H]1O. The van der Waals surface area contributed by atoms with Crippen molar-refractivity contribution < 1.29 is 68.1 Å². The molecule has 248 valence electrons. The second kappa shape index (κ2) is 17.4. The van der Waals surface area contributed by atoms with Gasteiger partial charge in [-0.1, -0.05) is 6.07 Å². The van der Waals surface area contributed by atoms with Gasteiger partial charge in [0, 0.05) is 43.8 Å². The number of aliphatic hydroxyl groups is 3. The Morgan fingerprint density at radius 3 is 2.31 bits per heavy atom. The van der Waals surface area contributed by atoms with Crippen molar-refractivity contribution in [2.75, 3.05) is 39.5 Å². The van der Waals surface area contributed by atoms with Crippen LogP contribution in [0.15, 0.2) is 30.4 Å². The molecule has 1 aromatic rings. The van der Waals surface area contributed by atoms with Gasteiger partial charge >= 0.3 is 12.1 Å². The van der Waals surface area contributed by atoms with E-state index in [0.29, 0.717) is 38.2 Å². The minimum Gasteiger partial charge on any atom is -0.479 e. The third-order valence-corrected chi connectivity index (χ3v) is 6.71. The predicted molar refractivity (Wildman–Crippen MR) is 149 cm³/mol. The third kappa shape index (κ3) is 10.8. The second-order valence-corrected chi connectivity index (χ2v) is 9.99. The van der Waals surface area contributed by atoms with Crippen molar-refractivity contribution in [2.45, 2.75) is 56.6 Å². The summed E-state index contributed by atoms with van der Waals surface area (Å²) in [6.45, 7) is 1.22. The number of carboxylic acids is 1. The van der Waals surface area contributed by atoms with E-state index >= 15 is 0 Å². The molecule has 0 radical (unpaired) electrons. The van der Waals surface area contributed by atoms with Crippen LogP contribution < -0.4 is 15.8 Å². The number of benzene rings is 1. The van der Waals surface area contributed by atoms with Crippen LogP contribution in [0.5, 0.6) is 5.75 Å². The van der Waals surface area contributed by atoms with E-state index in [1.807, 2.05) is 0 Å². The van der Waals surface area contributed by atoms with Crippen LogP contribution >= 0.6 is 0 Å². The fourth-order valence-corrected chi connectivity index (χ4v) is 4.36. The highest BCUT2D eigenvalue weighted by Gasteiger charge is 2.48. The number of carbonyl (C=O) groups excluding carboxylic acids is 4. The molecule has 0 saturated carbocycles. The highest BCUT2D eigenvalue weighted by atomic mass is 16.7. The van der Waals surface area contributed by atoms with Crippen molar-refractivity contribution in [1.29, 1.82) is 0 Å². The Morgan fingerprint density at radius 1 is 0.956 bits per heavy atom. The quantitative estimate of drug-likeness (QED) is 0.0747. The Bertz CT molecular complexity index is 1220. The van der Waals surface area contributed by atoms with Gasteiger partial charge in [0.2, 0.25) is 12.2 Å². The Hall–Kier alpha value is -4.13. The van der Waals surface area contributed by atoms with Crippen molar-refractivity contribution >= 4 is 29.8 Å². The maximum absolute atomic E-state index is 11.9. The van der Waals surface area contributed by atoms with Crippen molar-refractivity contribution in [2.24, 2.45) is 5.73 Å². The predicted octanol–water partition coefficient (Wildman–Crippen LogP) is -2.05. The zero-order chi connectivity index (χ0) is 32.9. The zero-order valence-corrected chi connectivity index (χ0v) is 24.2. The summed E-state index contributed by atoms with van der Waals surface area (Å²) in [5.41, 5.74) is 6.21. The molecule has 1 fully saturated rings. The number of aliphatic carboxylic acids is 1. The van der Waals surface area contributed by atoms with E-state index in [-0.39, 0.29) is 44.4 Å². The number of hydrogen-bond donors (Lipinski definition) is 6. The second-order valence-electron chi connectivity index (χ2n) is 9.99. The number of nitrogens with two attached hydrogens (primary N) is 1. The Balaban J connectivity index is 1.35. The highest BCUT2D eigenvalue weighted by molar-refractivity contribution is 6.13. The van der Waals surface area contributed by atoms with E-state index in [1.54, 1.807) is 12.1 Å². The molecule has 0 spiro atoms. The minimum atomic E-state index is -1.88. The number of nitrogens with one attached hydrogen (secondary N) is 1. The first-order chi connectivity index (χ1) is 21.5. The summed E-state index contributed by atoms with van der Waals surface area (Å²) in [7, 11) is 0. The molecule has 0 bridgehead atoms. The fraction of sp³-hybridized carbons (Fsp3) is 0.536. The number of ether oxygens (including phenoxy) is 5. The van der Waals surface area contributed by atoms with Crippen molar-refractivity contribution in [3.05, 3.63) is 41.5 Å². The maximum atomic E-state index is 11.9. The summed E-state index contributed by atoms with van der Waals surface area (Å²) in [5, 5.41) is 42.0. The summed E-state index contributed by atoms with van der Waals surface area (Å²) < 4.78 is 26.6. The zero-order valence-electron chi connectivity index (χ0n) is 24.2. The molecule has 2 aliphatic heterocycles. The van der Waals surface area contributed by atoms with Crippen LogP contribution in [0.1, 0.15) is 24.0 Å². The first kappa shape index (κ1) is 35.4. The topological polar surface area (TPSA) is 254 Å². The van der Waals surface area contributed by atoms with Crippen molar-refractivity contribution in [3.63, 3.8) is 0 Å². The van der Waals surface area contributed by atoms with Crippen LogP contribution in [0, 0.1) is 0 Å². The smallest absolute Gasteiger partial charge is 0.404 e. The molecule has 5 atom stereocenters.